The Kier molecular flexibility index (Phi) is 6.63. The number of aromatic nitrogens is 2. The third-order valence-electron chi connectivity index (χ3n) is 3.94. The molecule has 0 aliphatic carbocycles. The molecule has 0 bridgehead atoms. The molecule has 3 aromatic rings. The zero-order valence-corrected chi connectivity index (χ0v) is 17.7. The van der Waals surface area contributed by atoms with Crippen LogP contribution in [-0.2, 0) is 10.0 Å². The zero-order valence-electron chi connectivity index (χ0n) is 15.3. The van der Waals surface area contributed by atoms with E-state index in [4.69, 9.17) is 23.8 Å². The van der Waals surface area contributed by atoms with Crippen LogP contribution in [0.15, 0.2) is 71.6 Å². The minimum absolute atomic E-state index is 0.0283. The Morgan fingerprint density at radius 3 is 2.31 bits per heavy atom. The van der Waals surface area contributed by atoms with Crippen molar-refractivity contribution in [3.8, 4) is 0 Å². The summed E-state index contributed by atoms with van der Waals surface area (Å²) in [4.78, 5) is 0.0799. The van der Waals surface area contributed by atoms with Crippen LogP contribution < -0.4 is 15.4 Å². The standard InChI is InChI=1S/C19H18ClN5O2S2/c1-13(14-5-3-2-4-6-14)21-19(28)22-15-7-9-16(10-8-15)29(26,27)25-18-12-11-17(20)23-24-18/h2-13H,1H3,(H,24,25)(H2,21,22,28). The lowest BCUT2D eigenvalue weighted by Gasteiger charge is -2.17. The highest BCUT2D eigenvalue weighted by molar-refractivity contribution is 7.92. The maximum Gasteiger partial charge on any atom is 0.263 e. The topological polar surface area (TPSA) is 96.0 Å². The Labute approximate surface area is 179 Å². The largest absolute Gasteiger partial charge is 0.356 e. The van der Waals surface area contributed by atoms with Crippen LogP contribution in [0.3, 0.4) is 0 Å². The Bertz CT molecular complexity index is 1080. The van der Waals surface area contributed by atoms with E-state index in [9.17, 15) is 8.42 Å². The van der Waals surface area contributed by atoms with Gasteiger partial charge in [-0.05, 0) is 61.1 Å². The molecule has 1 unspecified atom stereocenters. The van der Waals surface area contributed by atoms with E-state index >= 15 is 0 Å². The summed E-state index contributed by atoms with van der Waals surface area (Å²) in [5, 5.41) is 14.1. The van der Waals surface area contributed by atoms with Crippen molar-refractivity contribution in [2.75, 3.05) is 10.0 Å². The molecule has 1 atom stereocenters. The Morgan fingerprint density at radius 2 is 1.69 bits per heavy atom. The fourth-order valence-corrected chi connectivity index (χ4v) is 3.87. The quantitative estimate of drug-likeness (QED) is 0.492. The van der Waals surface area contributed by atoms with Gasteiger partial charge in [-0.25, -0.2) is 8.42 Å². The lowest BCUT2D eigenvalue weighted by molar-refractivity contribution is 0.601. The summed E-state index contributed by atoms with van der Waals surface area (Å²) in [6.07, 6.45) is 0. The van der Waals surface area contributed by atoms with E-state index in [1.54, 1.807) is 12.1 Å². The van der Waals surface area contributed by atoms with E-state index in [0.717, 1.165) is 5.56 Å². The molecule has 29 heavy (non-hydrogen) atoms. The molecule has 0 spiro atoms. The second kappa shape index (κ2) is 9.17. The van der Waals surface area contributed by atoms with Crippen molar-refractivity contribution >= 4 is 50.5 Å². The van der Waals surface area contributed by atoms with Crippen LogP contribution in [0.5, 0.6) is 0 Å². The van der Waals surface area contributed by atoms with Gasteiger partial charge in [0, 0.05) is 5.69 Å². The Balaban J connectivity index is 1.62. The summed E-state index contributed by atoms with van der Waals surface area (Å²) in [7, 11) is -3.80. The molecule has 0 saturated heterocycles. The maximum absolute atomic E-state index is 12.5. The van der Waals surface area contributed by atoms with Gasteiger partial charge in [-0.2, -0.15) is 0 Å². The molecule has 1 heterocycles. The smallest absolute Gasteiger partial charge is 0.263 e. The molecular formula is C19H18ClN5O2S2. The number of rotatable bonds is 6. The zero-order chi connectivity index (χ0) is 20.9. The molecule has 0 radical (unpaired) electrons. The normalized spacial score (nSPS) is 12.1. The van der Waals surface area contributed by atoms with Crippen LogP contribution in [0.4, 0.5) is 11.5 Å². The van der Waals surface area contributed by atoms with Crippen LogP contribution in [-0.4, -0.2) is 23.7 Å². The van der Waals surface area contributed by atoms with Gasteiger partial charge in [-0.1, -0.05) is 41.9 Å². The first kappa shape index (κ1) is 21.0. The van der Waals surface area contributed by atoms with Crippen LogP contribution in [0, 0.1) is 0 Å². The molecule has 7 nitrogen and oxygen atoms in total. The number of thiocarbonyl (C=S) groups is 1. The lowest BCUT2D eigenvalue weighted by Crippen LogP contribution is -2.30. The highest BCUT2D eigenvalue weighted by atomic mass is 35.5. The van der Waals surface area contributed by atoms with E-state index in [2.05, 4.69) is 25.6 Å². The second-order valence-electron chi connectivity index (χ2n) is 6.10. The van der Waals surface area contributed by atoms with Crippen molar-refractivity contribution in [3.63, 3.8) is 0 Å². The number of nitrogens with one attached hydrogen (secondary N) is 3. The number of hydrogen-bond acceptors (Lipinski definition) is 5. The molecule has 0 fully saturated rings. The summed E-state index contributed by atoms with van der Waals surface area (Å²) >= 11 is 11.0. The van der Waals surface area contributed by atoms with Crippen molar-refractivity contribution in [2.24, 2.45) is 0 Å². The van der Waals surface area contributed by atoms with Gasteiger partial charge in [-0.3, -0.25) is 4.72 Å². The summed E-state index contributed by atoms with van der Waals surface area (Å²) in [6.45, 7) is 2.00. The van der Waals surface area contributed by atoms with E-state index in [1.165, 1.54) is 24.3 Å². The van der Waals surface area contributed by atoms with Gasteiger partial charge < -0.3 is 10.6 Å². The average Bonchev–Trinajstić information content (AvgIpc) is 2.70. The fraction of sp³-hybridized carbons (Fsp3) is 0.105. The predicted molar refractivity (Wildman–Crippen MR) is 119 cm³/mol. The predicted octanol–water partition coefficient (Wildman–Crippen LogP) is 3.98. The number of halogens is 1. The third kappa shape index (κ3) is 5.86. The minimum Gasteiger partial charge on any atom is -0.356 e. The molecular weight excluding hydrogens is 430 g/mol. The van der Waals surface area contributed by atoms with Crippen molar-refractivity contribution in [1.29, 1.82) is 0 Å². The molecule has 150 valence electrons. The van der Waals surface area contributed by atoms with Gasteiger partial charge in [0.25, 0.3) is 10.0 Å². The van der Waals surface area contributed by atoms with Crippen LogP contribution in [0.2, 0.25) is 5.15 Å². The molecule has 0 amide bonds. The molecule has 1 aromatic heterocycles. The van der Waals surface area contributed by atoms with Crippen molar-refractivity contribution in [3.05, 3.63) is 77.4 Å². The van der Waals surface area contributed by atoms with Crippen LogP contribution >= 0.6 is 23.8 Å². The molecule has 0 saturated carbocycles. The number of sulfonamides is 1. The highest BCUT2D eigenvalue weighted by Gasteiger charge is 2.15. The fourth-order valence-electron chi connectivity index (χ4n) is 2.47. The van der Waals surface area contributed by atoms with Gasteiger partial charge in [0.2, 0.25) is 0 Å². The van der Waals surface area contributed by atoms with Crippen molar-refractivity contribution in [2.45, 2.75) is 17.9 Å². The molecule has 0 aliphatic rings. The summed E-state index contributed by atoms with van der Waals surface area (Å²) in [5.41, 5.74) is 1.77. The average molecular weight is 448 g/mol. The Morgan fingerprint density at radius 1 is 1.00 bits per heavy atom. The molecule has 10 heteroatoms. The van der Waals surface area contributed by atoms with Crippen molar-refractivity contribution < 1.29 is 8.42 Å². The van der Waals surface area contributed by atoms with E-state index in [0.29, 0.717) is 10.8 Å². The third-order valence-corrected chi connectivity index (χ3v) is 5.73. The van der Waals surface area contributed by atoms with Crippen LogP contribution in [0.1, 0.15) is 18.5 Å². The van der Waals surface area contributed by atoms with E-state index < -0.39 is 10.0 Å². The second-order valence-corrected chi connectivity index (χ2v) is 8.58. The van der Waals surface area contributed by atoms with E-state index in [1.807, 2.05) is 37.3 Å². The Hall–Kier alpha value is -2.75. The summed E-state index contributed by atoms with van der Waals surface area (Å²) < 4.78 is 27.3. The molecule has 3 rings (SSSR count). The number of hydrogen-bond donors (Lipinski definition) is 3. The lowest BCUT2D eigenvalue weighted by atomic mass is 10.1. The number of nitrogens with zero attached hydrogens (tertiary/aromatic N) is 2. The summed E-state index contributed by atoms with van der Waals surface area (Å²) in [5.74, 6) is 0.0804. The van der Waals surface area contributed by atoms with Gasteiger partial charge in [-0.15, -0.1) is 10.2 Å². The van der Waals surface area contributed by atoms with Gasteiger partial charge in [0.05, 0.1) is 10.9 Å². The molecule has 3 N–H and O–H groups in total. The SMILES string of the molecule is CC(NC(=S)Nc1ccc(S(=O)(=O)Nc2ccc(Cl)nn2)cc1)c1ccccc1. The first-order valence-electron chi connectivity index (χ1n) is 8.58. The van der Waals surface area contributed by atoms with Gasteiger partial charge in [0.15, 0.2) is 16.1 Å². The first-order valence-corrected chi connectivity index (χ1v) is 10.8. The molecule has 2 aromatic carbocycles. The highest BCUT2D eigenvalue weighted by Crippen LogP contribution is 2.18. The van der Waals surface area contributed by atoms with E-state index in [-0.39, 0.29) is 21.9 Å². The minimum atomic E-state index is -3.80. The monoisotopic (exact) mass is 447 g/mol. The summed E-state index contributed by atoms with van der Waals surface area (Å²) in [6, 6.07) is 19.0. The van der Waals surface area contributed by atoms with Crippen LogP contribution in [0.25, 0.3) is 0 Å². The van der Waals surface area contributed by atoms with Gasteiger partial charge >= 0.3 is 0 Å². The number of benzene rings is 2. The van der Waals surface area contributed by atoms with Crippen molar-refractivity contribution in [1.82, 2.24) is 15.5 Å². The molecule has 0 aliphatic heterocycles. The number of anilines is 2. The van der Waals surface area contributed by atoms with Gasteiger partial charge in [0.1, 0.15) is 0 Å². The maximum atomic E-state index is 12.5. The first-order chi connectivity index (χ1) is 13.8.